The molecule has 0 aromatic heterocycles. The smallest absolute Gasteiger partial charge is 0.116 e. The lowest BCUT2D eigenvalue weighted by molar-refractivity contribution is 0.353. The van der Waals surface area contributed by atoms with Crippen LogP contribution in [0.25, 0.3) is 5.57 Å². The predicted molar refractivity (Wildman–Crippen MR) is 91.8 cm³/mol. The van der Waals surface area contributed by atoms with E-state index < -0.39 is 0 Å². The third-order valence-corrected chi connectivity index (χ3v) is 6.20. The van der Waals surface area contributed by atoms with E-state index >= 15 is 0 Å². The first-order valence-corrected chi connectivity index (χ1v) is 8.75. The van der Waals surface area contributed by atoms with Crippen LogP contribution in [0.5, 0.6) is 5.75 Å². The molecule has 0 amide bonds. The van der Waals surface area contributed by atoms with Crippen LogP contribution < -0.4 is 0 Å². The summed E-state index contributed by atoms with van der Waals surface area (Å²) < 4.78 is 0. The minimum absolute atomic E-state index is 0.343. The molecule has 1 aromatic rings. The van der Waals surface area contributed by atoms with Gasteiger partial charge in [0.15, 0.2) is 0 Å². The summed E-state index contributed by atoms with van der Waals surface area (Å²) in [4.78, 5) is 0. The molecule has 0 spiro atoms. The molecular weight excluding hydrogens is 268 g/mol. The SMILES string of the molecule is CC1CCC2=C(CCCC2(C)C)C2=C1Cc1ccc(O)cc12. The van der Waals surface area contributed by atoms with E-state index in [9.17, 15) is 5.11 Å². The Hall–Kier alpha value is -1.50. The standard InChI is InChI=1S/C21H26O/c1-13-6-9-19-16(5-4-10-21(19,2)3)20-17(13)11-14-7-8-15(22)12-18(14)20/h7-8,12-13,22H,4-6,9-11H2,1-3H3. The molecule has 22 heavy (non-hydrogen) atoms. The zero-order chi connectivity index (χ0) is 15.5. The molecule has 0 saturated carbocycles. The first-order valence-electron chi connectivity index (χ1n) is 8.75. The first-order chi connectivity index (χ1) is 10.5. The molecule has 3 aliphatic rings. The zero-order valence-electron chi connectivity index (χ0n) is 14.0. The number of phenols is 1. The predicted octanol–water partition coefficient (Wildman–Crippen LogP) is 5.64. The van der Waals surface area contributed by atoms with Gasteiger partial charge in [-0.15, -0.1) is 0 Å². The molecule has 1 aromatic carbocycles. The van der Waals surface area contributed by atoms with Crippen molar-refractivity contribution in [1.29, 1.82) is 0 Å². The highest BCUT2D eigenvalue weighted by atomic mass is 16.3. The van der Waals surface area contributed by atoms with Gasteiger partial charge in [-0.25, -0.2) is 0 Å². The van der Waals surface area contributed by atoms with Crippen molar-refractivity contribution in [3.05, 3.63) is 46.0 Å². The Bertz CT molecular complexity index is 703. The Morgan fingerprint density at radius 3 is 2.82 bits per heavy atom. The highest BCUT2D eigenvalue weighted by Crippen LogP contribution is 2.53. The summed E-state index contributed by atoms with van der Waals surface area (Å²) in [5.74, 6) is 1.06. The van der Waals surface area contributed by atoms with Crippen molar-refractivity contribution in [3.63, 3.8) is 0 Å². The number of hydrogen-bond donors (Lipinski definition) is 1. The van der Waals surface area contributed by atoms with Crippen molar-refractivity contribution < 1.29 is 5.11 Å². The quantitative estimate of drug-likeness (QED) is 0.656. The van der Waals surface area contributed by atoms with Crippen LogP contribution in [0.3, 0.4) is 0 Å². The second-order valence-corrected chi connectivity index (χ2v) is 8.05. The van der Waals surface area contributed by atoms with Gasteiger partial charge in [-0.2, -0.15) is 0 Å². The van der Waals surface area contributed by atoms with E-state index in [-0.39, 0.29) is 0 Å². The van der Waals surface area contributed by atoms with Gasteiger partial charge in [0.05, 0.1) is 0 Å². The molecule has 4 rings (SSSR count). The lowest BCUT2D eigenvalue weighted by atomic mass is 9.69. The van der Waals surface area contributed by atoms with Gasteiger partial charge in [-0.05, 0) is 84.3 Å². The summed E-state index contributed by atoms with van der Waals surface area (Å²) in [5.41, 5.74) is 9.53. The molecule has 3 aliphatic carbocycles. The molecule has 1 nitrogen and oxygen atoms in total. The molecule has 1 unspecified atom stereocenters. The number of hydrogen-bond acceptors (Lipinski definition) is 1. The third kappa shape index (κ3) is 1.98. The van der Waals surface area contributed by atoms with E-state index in [1.54, 1.807) is 16.7 Å². The molecule has 1 heteroatoms. The topological polar surface area (TPSA) is 20.2 Å². The summed E-state index contributed by atoms with van der Waals surface area (Å²) in [5, 5.41) is 9.98. The number of fused-ring (bicyclic) bond motifs is 3. The van der Waals surface area contributed by atoms with Gasteiger partial charge in [0.1, 0.15) is 5.75 Å². The third-order valence-electron chi connectivity index (χ3n) is 6.20. The maximum atomic E-state index is 9.98. The van der Waals surface area contributed by atoms with Crippen LogP contribution in [0.1, 0.15) is 64.0 Å². The maximum Gasteiger partial charge on any atom is 0.116 e. The number of benzene rings is 1. The second kappa shape index (κ2) is 4.75. The molecule has 0 heterocycles. The Labute approximate surface area is 133 Å². The highest BCUT2D eigenvalue weighted by molar-refractivity contribution is 5.89. The van der Waals surface area contributed by atoms with Gasteiger partial charge in [-0.3, -0.25) is 0 Å². The van der Waals surface area contributed by atoms with Crippen molar-refractivity contribution in [1.82, 2.24) is 0 Å². The monoisotopic (exact) mass is 294 g/mol. The van der Waals surface area contributed by atoms with Crippen LogP contribution in [-0.4, -0.2) is 5.11 Å². The van der Waals surface area contributed by atoms with Crippen LogP contribution in [0.4, 0.5) is 0 Å². The fourth-order valence-electron chi connectivity index (χ4n) is 4.91. The fraction of sp³-hybridized carbons (Fsp3) is 0.524. The number of rotatable bonds is 0. The van der Waals surface area contributed by atoms with Crippen LogP contribution in [0.2, 0.25) is 0 Å². The highest BCUT2D eigenvalue weighted by Gasteiger charge is 2.37. The van der Waals surface area contributed by atoms with Crippen molar-refractivity contribution >= 4 is 5.57 Å². The Morgan fingerprint density at radius 1 is 1.18 bits per heavy atom. The zero-order valence-corrected chi connectivity index (χ0v) is 14.0. The van der Waals surface area contributed by atoms with E-state index in [2.05, 4.69) is 26.8 Å². The van der Waals surface area contributed by atoms with Gasteiger partial charge < -0.3 is 5.11 Å². The number of aromatic hydroxyl groups is 1. The molecule has 0 bridgehead atoms. The minimum atomic E-state index is 0.343. The molecule has 0 saturated heterocycles. The molecule has 1 atom stereocenters. The molecule has 116 valence electrons. The average molecular weight is 294 g/mol. The van der Waals surface area contributed by atoms with Crippen LogP contribution in [0, 0.1) is 11.3 Å². The molecule has 0 radical (unpaired) electrons. The Morgan fingerprint density at radius 2 is 2.00 bits per heavy atom. The number of phenolic OH excluding ortho intramolecular Hbond substituents is 1. The van der Waals surface area contributed by atoms with Crippen LogP contribution in [-0.2, 0) is 6.42 Å². The van der Waals surface area contributed by atoms with Gasteiger partial charge in [0.2, 0.25) is 0 Å². The average Bonchev–Trinajstić information content (AvgIpc) is 2.76. The summed E-state index contributed by atoms with van der Waals surface area (Å²) >= 11 is 0. The molecule has 0 aliphatic heterocycles. The fourth-order valence-corrected chi connectivity index (χ4v) is 4.91. The number of allylic oxidation sites excluding steroid dienone is 4. The van der Waals surface area contributed by atoms with Crippen LogP contribution >= 0.6 is 0 Å². The summed E-state index contributed by atoms with van der Waals surface area (Å²) in [6, 6.07) is 5.97. The van der Waals surface area contributed by atoms with E-state index in [1.807, 2.05) is 12.1 Å². The summed E-state index contributed by atoms with van der Waals surface area (Å²) in [7, 11) is 0. The summed E-state index contributed by atoms with van der Waals surface area (Å²) in [6.45, 7) is 7.25. The normalized spacial score (nSPS) is 26.4. The van der Waals surface area contributed by atoms with Crippen LogP contribution in [0.15, 0.2) is 34.9 Å². The van der Waals surface area contributed by atoms with Gasteiger partial charge in [0.25, 0.3) is 0 Å². The minimum Gasteiger partial charge on any atom is -0.508 e. The molecule has 1 N–H and O–H groups in total. The largest absolute Gasteiger partial charge is 0.508 e. The van der Waals surface area contributed by atoms with Crippen molar-refractivity contribution in [2.75, 3.05) is 0 Å². The molecule has 0 fully saturated rings. The lowest BCUT2D eigenvalue weighted by Gasteiger charge is -2.35. The van der Waals surface area contributed by atoms with Crippen molar-refractivity contribution in [3.8, 4) is 5.75 Å². The second-order valence-electron chi connectivity index (χ2n) is 8.05. The van der Waals surface area contributed by atoms with Gasteiger partial charge in [-0.1, -0.05) is 38.0 Å². The maximum absolute atomic E-state index is 9.98. The Kier molecular flexibility index (Phi) is 3.04. The first kappa shape index (κ1) is 14.1. The van der Waals surface area contributed by atoms with Crippen molar-refractivity contribution in [2.24, 2.45) is 11.3 Å². The van der Waals surface area contributed by atoms with Gasteiger partial charge >= 0.3 is 0 Å². The summed E-state index contributed by atoms with van der Waals surface area (Å²) in [6.07, 6.45) is 7.45. The molecular formula is C21H26O. The lowest BCUT2D eigenvalue weighted by Crippen LogP contribution is -2.21. The van der Waals surface area contributed by atoms with E-state index in [1.165, 1.54) is 48.8 Å². The van der Waals surface area contributed by atoms with E-state index in [0.29, 0.717) is 17.1 Å². The van der Waals surface area contributed by atoms with E-state index in [0.717, 1.165) is 6.42 Å². The Balaban J connectivity index is 1.96. The van der Waals surface area contributed by atoms with Crippen molar-refractivity contribution in [2.45, 2.75) is 59.3 Å². The van der Waals surface area contributed by atoms with Gasteiger partial charge in [0, 0.05) is 0 Å². The van der Waals surface area contributed by atoms with E-state index in [4.69, 9.17) is 0 Å².